The lowest BCUT2D eigenvalue weighted by atomic mass is 10.2. The second-order valence-corrected chi connectivity index (χ2v) is 4.20. The first-order valence-electron chi connectivity index (χ1n) is 5.08. The molecule has 16 heavy (non-hydrogen) atoms. The summed E-state index contributed by atoms with van der Waals surface area (Å²) in [6.07, 6.45) is 0. The van der Waals surface area contributed by atoms with E-state index in [-0.39, 0.29) is 0 Å². The van der Waals surface area contributed by atoms with Crippen LogP contribution in [-0.4, -0.2) is 16.7 Å². The first-order valence-corrected chi connectivity index (χ1v) is 5.88. The molecule has 0 aliphatic rings. The molecule has 0 radical (unpaired) electrons. The molecule has 0 atom stereocenters. The number of nitrogens with one attached hydrogen (secondary N) is 1. The molecular weight excluding hydrogens is 270 g/mol. The van der Waals surface area contributed by atoms with Crippen molar-refractivity contribution in [2.45, 2.75) is 13.5 Å². The highest BCUT2D eigenvalue weighted by molar-refractivity contribution is 9.10. The summed E-state index contributed by atoms with van der Waals surface area (Å²) in [6, 6.07) is 7.77. The van der Waals surface area contributed by atoms with E-state index >= 15 is 0 Å². The standard InChI is InChI=1S/C11H12BrN3O/c1-2-13-7-10-14-15-11(16-10)8-3-5-9(12)6-4-8/h3-6,13H,2,7H2,1H3. The maximum atomic E-state index is 5.51. The van der Waals surface area contributed by atoms with E-state index in [4.69, 9.17) is 4.42 Å². The Morgan fingerprint density at radius 3 is 2.69 bits per heavy atom. The zero-order valence-electron chi connectivity index (χ0n) is 8.90. The molecule has 0 bridgehead atoms. The van der Waals surface area contributed by atoms with E-state index in [0.717, 1.165) is 16.6 Å². The Hall–Kier alpha value is -1.20. The smallest absolute Gasteiger partial charge is 0.247 e. The third-order valence-electron chi connectivity index (χ3n) is 2.08. The van der Waals surface area contributed by atoms with Crippen molar-refractivity contribution in [3.05, 3.63) is 34.6 Å². The Balaban J connectivity index is 2.15. The van der Waals surface area contributed by atoms with Crippen molar-refractivity contribution in [2.24, 2.45) is 0 Å². The van der Waals surface area contributed by atoms with Crippen molar-refractivity contribution >= 4 is 15.9 Å². The summed E-state index contributed by atoms with van der Waals surface area (Å²) >= 11 is 3.38. The fraction of sp³-hybridized carbons (Fsp3) is 0.273. The number of halogens is 1. The molecule has 5 heteroatoms. The van der Waals surface area contributed by atoms with Crippen LogP contribution >= 0.6 is 15.9 Å². The van der Waals surface area contributed by atoms with Gasteiger partial charge in [0.05, 0.1) is 6.54 Å². The van der Waals surface area contributed by atoms with Gasteiger partial charge >= 0.3 is 0 Å². The normalized spacial score (nSPS) is 10.6. The molecule has 0 spiro atoms. The van der Waals surface area contributed by atoms with Gasteiger partial charge in [0, 0.05) is 10.0 Å². The van der Waals surface area contributed by atoms with Crippen molar-refractivity contribution in [3.63, 3.8) is 0 Å². The van der Waals surface area contributed by atoms with Gasteiger partial charge in [0.15, 0.2) is 0 Å². The molecule has 4 nitrogen and oxygen atoms in total. The SMILES string of the molecule is CCNCc1nnc(-c2ccc(Br)cc2)o1. The predicted octanol–water partition coefficient (Wildman–Crippen LogP) is 2.61. The van der Waals surface area contributed by atoms with Gasteiger partial charge < -0.3 is 9.73 Å². The molecule has 2 rings (SSSR count). The van der Waals surface area contributed by atoms with Crippen LogP contribution < -0.4 is 5.32 Å². The summed E-state index contributed by atoms with van der Waals surface area (Å²) in [5, 5.41) is 11.1. The summed E-state index contributed by atoms with van der Waals surface area (Å²) in [6.45, 7) is 3.53. The summed E-state index contributed by atoms with van der Waals surface area (Å²) in [5.41, 5.74) is 0.929. The van der Waals surface area contributed by atoms with Crippen molar-refractivity contribution in [3.8, 4) is 11.5 Å². The van der Waals surface area contributed by atoms with Gasteiger partial charge in [-0.3, -0.25) is 0 Å². The number of benzene rings is 1. The van der Waals surface area contributed by atoms with Crippen molar-refractivity contribution in [2.75, 3.05) is 6.54 Å². The average Bonchev–Trinajstić information content (AvgIpc) is 2.76. The Morgan fingerprint density at radius 2 is 2.00 bits per heavy atom. The van der Waals surface area contributed by atoms with Crippen LogP contribution in [0.5, 0.6) is 0 Å². The molecule has 0 amide bonds. The maximum absolute atomic E-state index is 5.51. The van der Waals surface area contributed by atoms with Gasteiger partial charge in [-0.25, -0.2) is 0 Å². The third-order valence-corrected chi connectivity index (χ3v) is 2.61. The van der Waals surface area contributed by atoms with E-state index in [1.54, 1.807) is 0 Å². The molecule has 0 unspecified atom stereocenters. The average molecular weight is 282 g/mol. The summed E-state index contributed by atoms with van der Waals surface area (Å²) in [5.74, 6) is 1.17. The molecular formula is C11H12BrN3O. The zero-order chi connectivity index (χ0) is 11.4. The molecule has 1 aromatic carbocycles. The molecule has 0 aliphatic heterocycles. The molecule has 0 saturated carbocycles. The minimum absolute atomic E-state index is 0.556. The molecule has 1 N–H and O–H groups in total. The van der Waals surface area contributed by atoms with Gasteiger partial charge in [0.1, 0.15) is 0 Å². The molecule has 0 aliphatic carbocycles. The summed E-state index contributed by atoms with van der Waals surface area (Å²) < 4.78 is 6.54. The quantitative estimate of drug-likeness (QED) is 0.936. The molecule has 84 valence electrons. The van der Waals surface area contributed by atoms with Crippen LogP contribution in [0.4, 0.5) is 0 Å². The molecule has 0 fully saturated rings. The lowest BCUT2D eigenvalue weighted by molar-refractivity contribution is 0.482. The van der Waals surface area contributed by atoms with Gasteiger partial charge in [0.2, 0.25) is 11.8 Å². The van der Waals surface area contributed by atoms with E-state index in [2.05, 4.69) is 31.4 Å². The summed E-state index contributed by atoms with van der Waals surface area (Å²) in [4.78, 5) is 0. The van der Waals surface area contributed by atoms with Crippen LogP contribution in [0, 0.1) is 0 Å². The Kier molecular flexibility index (Phi) is 3.69. The predicted molar refractivity (Wildman–Crippen MR) is 64.8 cm³/mol. The van der Waals surface area contributed by atoms with E-state index in [0.29, 0.717) is 18.3 Å². The topological polar surface area (TPSA) is 51.0 Å². The second-order valence-electron chi connectivity index (χ2n) is 3.29. The summed E-state index contributed by atoms with van der Waals surface area (Å²) in [7, 11) is 0. The minimum Gasteiger partial charge on any atom is -0.419 e. The first kappa shape index (κ1) is 11.3. The maximum Gasteiger partial charge on any atom is 0.247 e. The van der Waals surface area contributed by atoms with Crippen molar-refractivity contribution in [1.82, 2.24) is 15.5 Å². The lowest BCUT2D eigenvalue weighted by Crippen LogP contribution is -2.11. The fourth-order valence-electron chi connectivity index (χ4n) is 1.27. The van der Waals surface area contributed by atoms with Crippen LogP contribution in [0.25, 0.3) is 11.5 Å². The first-order chi connectivity index (χ1) is 7.79. The van der Waals surface area contributed by atoms with Crippen LogP contribution in [0.3, 0.4) is 0 Å². The lowest BCUT2D eigenvalue weighted by Gasteiger charge is -1.95. The van der Waals surface area contributed by atoms with Crippen LogP contribution in [0.15, 0.2) is 33.2 Å². The Labute approximate surface area is 102 Å². The monoisotopic (exact) mass is 281 g/mol. The van der Waals surface area contributed by atoms with Crippen LogP contribution in [-0.2, 0) is 6.54 Å². The Bertz CT molecular complexity index is 453. The second kappa shape index (κ2) is 5.23. The number of hydrogen-bond donors (Lipinski definition) is 1. The van der Waals surface area contributed by atoms with Gasteiger partial charge in [0.25, 0.3) is 0 Å². The van der Waals surface area contributed by atoms with Crippen LogP contribution in [0.2, 0.25) is 0 Å². The molecule has 2 aromatic rings. The highest BCUT2D eigenvalue weighted by atomic mass is 79.9. The Morgan fingerprint density at radius 1 is 1.25 bits per heavy atom. The molecule has 0 saturated heterocycles. The van der Waals surface area contributed by atoms with E-state index in [9.17, 15) is 0 Å². The van der Waals surface area contributed by atoms with Gasteiger partial charge in [-0.2, -0.15) is 0 Å². The third kappa shape index (κ3) is 2.68. The van der Waals surface area contributed by atoms with Crippen LogP contribution in [0.1, 0.15) is 12.8 Å². The number of aromatic nitrogens is 2. The van der Waals surface area contributed by atoms with E-state index < -0.39 is 0 Å². The zero-order valence-corrected chi connectivity index (χ0v) is 10.5. The number of rotatable bonds is 4. The largest absolute Gasteiger partial charge is 0.419 e. The highest BCUT2D eigenvalue weighted by Gasteiger charge is 2.07. The van der Waals surface area contributed by atoms with Crippen molar-refractivity contribution < 1.29 is 4.42 Å². The van der Waals surface area contributed by atoms with E-state index in [1.807, 2.05) is 31.2 Å². The van der Waals surface area contributed by atoms with Gasteiger partial charge in [-0.1, -0.05) is 22.9 Å². The van der Waals surface area contributed by atoms with E-state index in [1.165, 1.54) is 0 Å². The number of hydrogen-bond acceptors (Lipinski definition) is 4. The fourth-order valence-corrected chi connectivity index (χ4v) is 1.53. The van der Waals surface area contributed by atoms with Gasteiger partial charge in [-0.05, 0) is 30.8 Å². The minimum atomic E-state index is 0.556. The molecule has 1 aromatic heterocycles. The highest BCUT2D eigenvalue weighted by Crippen LogP contribution is 2.20. The number of nitrogens with zero attached hydrogens (tertiary/aromatic N) is 2. The van der Waals surface area contributed by atoms with Crippen molar-refractivity contribution in [1.29, 1.82) is 0 Å². The molecule has 1 heterocycles. The van der Waals surface area contributed by atoms with Gasteiger partial charge in [-0.15, -0.1) is 10.2 Å².